The van der Waals surface area contributed by atoms with Crippen molar-refractivity contribution >= 4 is 16.6 Å². The van der Waals surface area contributed by atoms with Gasteiger partial charge in [-0.25, -0.2) is 4.79 Å². The topological polar surface area (TPSA) is 115 Å². The number of aliphatic hydroxyl groups is 1. The fraction of sp³-hybridized carbons (Fsp3) is 0.846. The minimum absolute atomic E-state index is 0.0870. The molecule has 0 saturated carbocycles. The van der Waals surface area contributed by atoms with Crippen LogP contribution in [0, 0.1) is 0 Å². The van der Waals surface area contributed by atoms with Crippen LogP contribution in [0.3, 0.4) is 0 Å². The van der Waals surface area contributed by atoms with Gasteiger partial charge in [0, 0.05) is 18.8 Å². The zero-order valence-corrected chi connectivity index (χ0v) is 26.8. The second-order valence-electron chi connectivity index (χ2n) is 13.3. The molecule has 5 atom stereocenters. The quantitative estimate of drug-likeness (QED) is 0.279. The third-order valence-corrected chi connectivity index (χ3v) is 17.2. The standard InChI is InChI=1S/C26H51N3O6Si2/c1-12-13-15-27-17-18(30)20-21(34-36(8,9)25(2,3)4)22(35-37(10,11)26(5,6)7)23(33-20)29-16-14-19(31)28-24(29)32/h14,16,18,20-23,27,30H,12-13,15,17H2,1-11H3,(H,28,31,32)/t18?,20?,21-,22-,23-/m1/s1. The van der Waals surface area contributed by atoms with E-state index in [1.807, 2.05) is 0 Å². The van der Waals surface area contributed by atoms with Crippen LogP contribution in [0.25, 0.3) is 0 Å². The van der Waals surface area contributed by atoms with E-state index in [9.17, 15) is 14.7 Å². The van der Waals surface area contributed by atoms with Crippen LogP contribution in [0.2, 0.25) is 36.3 Å². The first kappa shape index (κ1) is 32.1. The number of rotatable bonds is 11. The number of aliphatic hydroxyl groups excluding tert-OH is 1. The lowest BCUT2D eigenvalue weighted by atomic mass is 10.1. The van der Waals surface area contributed by atoms with Gasteiger partial charge < -0.3 is 24.0 Å². The summed E-state index contributed by atoms with van der Waals surface area (Å²) in [5.74, 6) is 0. The largest absolute Gasteiger partial charge is 0.408 e. The lowest BCUT2D eigenvalue weighted by molar-refractivity contribution is -0.0831. The Hall–Kier alpha value is -1.09. The van der Waals surface area contributed by atoms with Crippen molar-refractivity contribution in [1.82, 2.24) is 14.9 Å². The summed E-state index contributed by atoms with van der Waals surface area (Å²) in [5, 5.41) is 14.5. The number of nitrogens with zero attached hydrogens (tertiary/aromatic N) is 1. The lowest BCUT2D eigenvalue weighted by Crippen LogP contribution is -2.55. The second-order valence-corrected chi connectivity index (χ2v) is 22.8. The summed E-state index contributed by atoms with van der Waals surface area (Å²) in [5.41, 5.74) is -1.06. The van der Waals surface area contributed by atoms with Gasteiger partial charge in [0.15, 0.2) is 22.9 Å². The Balaban J connectivity index is 2.60. The van der Waals surface area contributed by atoms with Gasteiger partial charge in [-0.05, 0) is 49.2 Å². The van der Waals surface area contributed by atoms with E-state index in [4.69, 9.17) is 13.6 Å². The molecule has 2 heterocycles. The van der Waals surface area contributed by atoms with E-state index >= 15 is 0 Å². The third-order valence-electron chi connectivity index (χ3n) is 8.26. The van der Waals surface area contributed by atoms with E-state index in [1.165, 1.54) is 16.8 Å². The molecule has 9 nitrogen and oxygen atoms in total. The number of hydrogen-bond acceptors (Lipinski definition) is 7. The fourth-order valence-corrected chi connectivity index (χ4v) is 6.37. The number of nitrogens with one attached hydrogen (secondary N) is 2. The molecular weight excluding hydrogens is 506 g/mol. The van der Waals surface area contributed by atoms with E-state index in [-0.39, 0.29) is 10.1 Å². The number of unbranched alkanes of at least 4 members (excludes halogenated alkanes) is 1. The van der Waals surface area contributed by atoms with Gasteiger partial charge >= 0.3 is 5.69 Å². The van der Waals surface area contributed by atoms with E-state index in [2.05, 4.69) is 85.0 Å². The Bertz CT molecular complexity index is 995. The molecule has 2 unspecified atom stereocenters. The van der Waals surface area contributed by atoms with Crippen molar-refractivity contribution in [3.8, 4) is 0 Å². The number of hydrogen-bond donors (Lipinski definition) is 3. The summed E-state index contributed by atoms with van der Waals surface area (Å²) >= 11 is 0. The first-order valence-electron chi connectivity index (χ1n) is 13.5. The SMILES string of the molecule is CCCCNCC(O)C1O[C@@H](n2ccc(=O)[nH]c2=O)[C@H](O[Si](C)(C)C(C)(C)C)[C@@H]1O[Si](C)(C)C(C)(C)C. The zero-order chi connectivity index (χ0) is 28.4. The van der Waals surface area contributed by atoms with Crippen LogP contribution in [-0.4, -0.2) is 68.8 Å². The van der Waals surface area contributed by atoms with Crippen LogP contribution in [0.5, 0.6) is 0 Å². The van der Waals surface area contributed by atoms with Crippen LogP contribution in [0.15, 0.2) is 21.9 Å². The van der Waals surface area contributed by atoms with Gasteiger partial charge in [0.1, 0.15) is 18.3 Å². The Morgan fingerprint density at radius 1 is 1.05 bits per heavy atom. The van der Waals surface area contributed by atoms with Gasteiger partial charge in [0.05, 0.1) is 6.10 Å². The van der Waals surface area contributed by atoms with Crippen LogP contribution >= 0.6 is 0 Å². The minimum atomic E-state index is -2.37. The minimum Gasteiger partial charge on any atom is -0.408 e. The lowest BCUT2D eigenvalue weighted by Gasteiger charge is -2.44. The molecule has 0 aliphatic carbocycles. The zero-order valence-electron chi connectivity index (χ0n) is 24.8. The molecule has 2 rings (SSSR count). The van der Waals surface area contributed by atoms with Crippen LogP contribution in [0.1, 0.15) is 67.5 Å². The molecule has 1 saturated heterocycles. The monoisotopic (exact) mass is 557 g/mol. The smallest absolute Gasteiger partial charge is 0.330 e. The Morgan fingerprint density at radius 3 is 2.08 bits per heavy atom. The van der Waals surface area contributed by atoms with Crippen molar-refractivity contribution in [2.75, 3.05) is 13.1 Å². The average Bonchev–Trinajstić information content (AvgIpc) is 3.06. The fourth-order valence-electron chi connectivity index (χ4n) is 3.79. The summed E-state index contributed by atoms with van der Waals surface area (Å²) in [6.07, 6.45) is -0.193. The molecule has 37 heavy (non-hydrogen) atoms. The molecule has 1 aromatic rings. The Morgan fingerprint density at radius 2 is 1.59 bits per heavy atom. The highest BCUT2D eigenvalue weighted by Crippen LogP contribution is 2.45. The summed E-state index contributed by atoms with van der Waals surface area (Å²) < 4.78 is 21.7. The number of aromatic amines is 1. The van der Waals surface area contributed by atoms with Crippen molar-refractivity contribution in [2.24, 2.45) is 0 Å². The summed E-state index contributed by atoms with van der Waals surface area (Å²) in [6, 6.07) is 1.30. The summed E-state index contributed by atoms with van der Waals surface area (Å²) in [6.45, 7) is 24.9. The van der Waals surface area contributed by atoms with Crippen molar-refractivity contribution in [3.05, 3.63) is 33.1 Å². The molecule has 0 spiro atoms. The average molecular weight is 558 g/mol. The number of aromatic nitrogens is 2. The molecular formula is C26H51N3O6Si2. The van der Waals surface area contributed by atoms with Crippen LogP contribution in [-0.2, 0) is 13.6 Å². The van der Waals surface area contributed by atoms with E-state index in [0.29, 0.717) is 6.54 Å². The van der Waals surface area contributed by atoms with E-state index in [0.717, 1.165) is 19.4 Å². The molecule has 1 aliphatic heterocycles. The van der Waals surface area contributed by atoms with Gasteiger partial charge in [0.2, 0.25) is 0 Å². The molecule has 0 radical (unpaired) electrons. The van der Waals surface area contributed by atoms with E-state index < -0.39 is 58.5 Å². The molecule has 0 aromatic carbocycles. The summed E-state index contributed by atoms with van der Waals surface area (Å²) in [7, 11) is -4.70. The molecule has 1 fully saturated rings. The van der Waals surface area contributed by atoms with Crippen LogP contribution in [0.4, 0.5) is 0 Å². The predicted octanol–water partition coefficient (Wildman–Crippen LogP) is 3.97. The maximum Gasteiger partial charge on any atom is 0.330 e. The number of ether oxygens (including phenoxy) is 1. The van der Waals surface area contributed by atoms with Gasteiger partial charge in [0.25, 0.3) is 5.56 Å². The highest BCUT2D eigenvalue weighted by Gasteiger charge is 2.55. The van der Waals surface area contributed by atoms with Gasteiger partial charge in [-0.15, -0.1) is 0 Å². The van der Waals surface area contributed by atoms with Crippen LogP contribution < -0.4 is 16.6 Å². The molecule has 3 N–H and O–H groups in total. The third kappa shape index (κ3) is 7.74. The maximum absolute atomic E-state index is 12.9. The van der Waals surface area contributed by atoms with Crippen molar-refractivity contribution in [1.29, 1.82) is 0 Å². The second kappa shape index (κ2) is 12.0. The van der Waals surface area contributed by atoms with E-state index in [1.54, 1.807) is 0 Å². The van der Waals surface area contributed by atoms with Crippen molar-refractivity contribution < 1.29 is 18.7 Å². The van der Waals surface area contributed by atoms with Crippen molar-refractivity contribution in [3.63, 3.8) is 0 Å². The van der Waals surface area contributed by atoms with Gasteiger partial charge in [-0.3, -0.25) is 14.3 Å². The molecule has 0 bridgehead atoms. The van der Waals surface area contributed by atoms with Gasteiger partial charge in [-0.2, -0.15) is 0 Å². The Labute approximate surface area is 224 Å². The van der Waals surface area contributed by atoms with Crippen molar-refractivity contribution in [2.45, 2.75) is 128 Å². The normalized spacial score (nSPS) is 24.4. The molecule has 214 valence electrons. The molecule has 0 amide bonds. The maximum atomic E-state index is 12.9. The Kier molecular flexibility index (Phi) is 10.4. The predicted molar refractivity (Wildman–Crippen MR) is 153 cm³/mol. The molecule has 1 aliphatic rings. The molecule has 11 heteroatoms. The highest BCUT2D eigenvalue weighted by molar-refractivity contribution is 6.74. The molecule has 1 aromatic heterocycles. The highest BCUT2D eigenvalue weighted by atomic mass is 28.4. The van der Waals surface area contributed by atoms with Gasteiger partial charge in [-0.1, -0.05) is 54.9 Å². The number of H-pyrrole nitrogens is 1. The first-order chi connectivity index (χ1) is 16.8. The first-order valence-corrected chi connectivity index (χ1v) is 19.4. The summed E-state index contributed by atoms with van der Waals surface area (Å²) in [4.78, 5) is 27.0.